The van der Waals surface area contributed by atoms with Crippen molar-refractivity contribution in [2.75, 3.05) is 5.75 Å². The number of nitrogens with one attached hydrogen (secondary N) is 2. The molecule has 9 heteroatoms. The van der Waals surface area contributed by atoms with E-state index in [9.17, 15) is 13.2 Å². The first kappa shape index (κ1) is 15.4. The van der Waals surface area contributed by atoms with Crippen LogP contribution in [0, 0.1) is 12.3 Å². The molecular formula is C12H13N3O4S2. The molecule has 0 atom stereocenters. The number of rotatable bonds is 5. The van der Waals surface area contributed by atoms with E-state index in [1.807, 2.05) is 25.1 Å². The Morgan fingerprint density at radius 1 is 1.48 bits per heavy atom. The van der Waals surface area contributed by atoms with Crippen LogP contribution in [0.25, 0.3) is 10.1 Å². The maximum absolute atomic E-state index is 12.0. The van der Waals surface area contributed by atoms with E-state index < -0.39 is 27.6 Å². The standard InChI is InChI=1S/C12H13N3O4S2/c1-7-3-2-4-10-8(7)5-11(20-10)9(16)6-21(17,18)19-15-12(13)14/h2-5H,6H2,1H3,(H4,13,14,15). The Morgan fingerprint density at radius 2 is 2.19 bits per heavy atom. The molecule has 0 amide bonds. The zero-order chi connectivity index (χ0) is 15.6. The van der Waals surface area contributed by atoms with Gasteiger partial charge < -0.3 is 5.73 Å². The summed E-state index contributed by atoms with van der Waals surface area (Å²) in [7, 11) is -4.15. The van der Waals surface area contributed by atoms with Crippen LogP contribution in [0.5, 0.6) is 0 Å². The van der Waals surface area contributed by atoms with Gasteiger partial charge in [0.05, 0.1) is 4.88 Å². The predicted molar refractivity (Wildman–Crippen MR) is 80.8 cm³/mol. The fraction of sp³-hybridized carbons (Fsp3) is 0.167. The Morgan fingerprint density at radius 3 is 2.81 bits per heavy atom. The van der Waals surface area contributed by atoms with Crippen molar-refractivity contribution >= 4 is 43.3 Å². The average molecular weight is 327 g/mol. The molecule has 0 aliphatic heterocycles. The van der Waals surface area contributed by atoms with Gasteiger partial charge in [0.25, 0.3) is 10.1 Å². The highest BCUT2D eigenvalue weighted by molar-refractivity contribution is 7.87. The fourth-order valence-electron chi connectivity index (χ4n) is 1.71. The van der Waals surface area contributed by atoms with Crippen LogP contribution in [0.1, 0.15) is 15.2 Å². The Balaban J connectivity index is 2.19. The van der Waals surface area contributed by atoms with Crippen molar-refractivity contribution in [3.63, 3.8) is 0 Å². The van der Waals surface area contributed by atoms with E-state index in [0.717, 1.165) is 15.6 Å². The van der Waals surface area contributed by atoms with E-state index in [2.05, 4.69) is 4.28 Å². The molecular weight excluding hydrogens is 314 g/mol. The van der Waals surface area contributed by atoms with Crippen LogP contribution in [0.4, 0.5) is 0 Å². The molecule has 112 valence electrons. The van der Waals surface area contributed by atoms with E-state index in [4.69, 9.17) is 11.1 Å². The van der Waals surface area contributed by atoms with Crippen LogP contribution < -0.4 is 11.2 Å². The van der Waals surface area contributed by atoms with Gasteiger partial charge in [0.15, 0.2) is 5.78 Å². The molecule has 1 aromatic carbocycles. The zero-order valence-corrected chi connectivity index (χ0v) is 12.7. The number of carbonyl (C=O) groups excluding carboxylic acids is 1. The van der Waals surface area contributed by atoms with Gasteiger partial charge in [-0.3, -0.25) is 10.2 Å². The summed E-state index contributed by atoms with van der Waals surface area (Å²) in [5.41, 5.74) is 7.63. The number of nitrogens with two attached hydrogens (primary N) is 1. The number of thiophene rings is 1. The third-order valence-electron chi connectivity index (χ3n) is 2.64. The van der Waals surface area contributed by atoms with E-state index in [1.54, 1.807) is 11.5 Å². The topological polar surface area (TPSA) is 122 Å². The van der Waals surface area contributed by atoms with E-state index in [-0.39, 0.29) is 0 Å². The van der Waals surface area contributed by atoms with E-state index in [1.165, 1.54) is 11.3 Å². The Labute approximate surface area is 125 Å². The summed E-state index contributed by atoms with van der Waals surface area (Å²) in [6.07, 6.45) is 0. The second-order valence-electron chi connectivity index (χ2n) is 4.32. The Bertz CT molecular complexity index is 811. The Kier molecular flexibility index (Phi) is 4.26. The first-order valence-corrected chi connectivity index (χ1v) is 8.21. The lowest BCUT2D eigenvalue weighted by molar-refractivity contribution is 0.102. The number of guanidine groups is 1. The third kappa shape index (κ3) is 3.78. The lowest BCUT2D eigenvalue weighted by atomic mass is 10.1. The highest BCUT2D eigenvalue weighted by Gasteiger charge is 2.21. The molecule has 4 N–H and O–H groups in total. The molecule has 2 aromatic rings. The first-order chi connectivity index (χ1) is 9.78. The lowest BCUT2D eigenvalue weighted by Gasteiger charge is -2.03. The van der Waals surface area contributed by atoms with E-state index >= 15 is 0 Å². The molecule has 0 radical (unpaired) electrons. The van der Waals surface area contributed by atoms with Crippen LogP contribution in [0.15, 0.2) is 24.3 Å². The molecule has 21 heavy (non-hydrogen) atoms. The molecule has 0 saturated heterocycles. The molecule has 1 heterocycles. The summed E-state index contributed by atoms with van der Waals surface area (Å²) < 4.78 is 28.2. The summed E-state index contributed by atoms with van der Waals surface area (Å²) in [4.78, 5) is 12.4. The van der Waals surface area contributed by atoms with Gasteiger partial charge >= 0.3 is 0 Å². The number of benzene rings is 1. The van der Waals surface area contributed by atoms with Crippen molar-refractivity contribution < 1.29 is 17.5 Å². The molecule has 0 saturated carbocycles. The van der Waals surface area contributed by atoms with E-state index in [0.29, 0.717) is 4.88 Å². The summed E-state index contributed by atoms with van der Waals surface area (Å²) in [6.45, 7) is 1.92. The van der Waals surface area contributed by atoms with Gasteiger partial charge in [0.1, 0.15) is 5.75 Å². The highest BCUT2D eigenvalue weighted by Crippen LogP contribution is 2.28. The molecule has 0 spiro atoms. The number of aryl methyl sites for hydroxylation is 1. The smallest absolute Gasteiger partial charge is 0.295 e. The van der Waals surface area contributed by atoms with Crippen LogP contribution >= 0.6 is 11.3 Å². The van der Waals surface area contributed by atoms with Crippen molar-refractivity contribution in [1.29, 1.82) is 5.41 Å². The number of fused-ring (bicyclic) bond motifs is 1. The normalized spacial score (nSPS) is 11.5. The van der Waals surface area contributed by atoms with Crippen LogP contribution in [0.3, 0.4) is 0 Å². The first-order valence-electron chi connectivity index (χ1n) is 5.82. The minimum atomic E-state index is -4.15. The monoisotopic (exact) mass is 327 g/mol. The number of Topliss-reactive ketones (excluding diaryl/α,β-unsaturated/α-hetero) is 1. The molecule has 1 aromatic heterocycles. The minimum absolute atomic E-state index is 0.342. The van der Waals surface area contributed by atoms with Crippen LogP contribution in [-0.4, -0.2) is 25.9 Å². The van der Waals surface area contributed by atoms with Gasteiger partial charge in [0, 0.05) is 4.70 Å². The van der Waals surface area contributed by atoms with Gasteiger partial charge in [0.2, 0.25) is 5.96 Å². The molecule has 0 aliphatic carbocycles. The van der Waals surface area contributed by atoms with Gasteiger partial charge in [-0.1, -0.05) is 12.1 Å². The molecule has 2 rings (SSSR count). The van der Waals surface area contributed by atoms with Gasteiger partial charge in [-0.05, 0) is 30.0 Å². The number of hydrogen-bond acceptors (Lipinski definition) is 6. The Hall–Kier alpha value is -1.97. The quantitative estimate of drug-likeness (QED) is 0.327. The fourth-order valence-corrected chi connectivity index (χ4v) is 3.63. The maximum atomic E-state index is 12.0. The number of ketones is 1. The summed E-state index contributed by atoms with van der Waals surface area (Å²) >= 11 is 1.23. The van der Waals surface area contributed by atoms with Crippen LogP contribution in [0.2, 0.25) is 0 Å². The summed E-state index contributed by atoms with van der Waals surface area (Å²) in [5.74, 6) is -2.05. The summed E-state index contributed by atoms with van der Waals surface area (Å²) in [6, 6.07) is 7.33. The molecule has 0 bridgehead atoms. The molecule has 0 unspecified atom stereocenters. The lowest BCUT2D eigenvalue weighted by Crippen LogP contribution is -2.34. The van der Waals surface area contributed by atoms with Gasteiger partial charge in [-0.2, -0.15) is 8.42 Å². The number of hydroxylamine groups is 1. The second kappa shape index (κ2) is 5.80. The van der Waals surface area contributed by atoms with Crippen molar-refractivity contribution in [1.82, 2.24) is 5.48 Å². The predicted octanol–water partition coefficient (Wildman–Crippen LogP) is 1.14. The number of hydrogen-bond donors (Lipinski definition) is 3. The van der Waals surface area contributed by atoms with Crippen molar-refractivity contribution in [3.05, 3.63) is 34.7 Å². The van der Waals surface area contributed by atoms with Crippen molar-refractivity contribution in [2.24, 2.45) is 5.73 Å². The number of carbonyl (C=O) groups is 1. The SMILES string of the molecule is Cc1cccc2sc(C(=O)CS(=O)(=O)ONC(=N)N)cc12. The maximum Gasteiger partial charge on any atom is 0.295 e. The van der Waals surface area contributed by atoms with Crippen LogP contribution in [-0.2, 0) is 14.4 Å². The largest absolute Gasteiger partial charge is 0.368 e. The second-order valence-corrected chi connectivity index (χ2v) is 6.98. The van der Waals surface area contributed by atoms with Crippen molar-refractivity contribution in [3.8, 4) is 0 Å². The van der Waals surface area contributed by atoms with Gasteiger partial charge in [-0.15, -0.1) is 15.6 Å². The van der Waals surface area contributed by atoms with Crippen molar-refractivity contribution in [2.45, 2.75) is 6.92 Å². The molecule has 7 nitrogen and oxygen atoms in total. The summed E-state index contributed by atoms with van der Waals surface area (Å²) in [5, 5.41) is 7.73. The molecule has 0 fully saturated rings. The average Bonchev–Trinajstić information content (AvgIpc) is 2.82. The highest BCUT2D eigenvalue weighted by atomic mass is 32.2. The zero-order valence-electron chi connectivity index (χ0n) is 11.0. The minimum Gasteiger partial charge on any atom is -0.368 e. The van der Waals surface area contributed by atoms with Gasteiger partial charge in [-0.25, -0.2) is 5.48 Å². The third-order valence-corrected chi connectivity index (χ3v) is 4.74. The molecule has 0 aliphatic rings.